The Morgan fingerprint density at radius 2 is 2.21 bits per heavy atom. The lowest BCUT2D eigenvalue weighted by molar-refractivity contribution is -0.133. The lowest BCUT2D eigenvalue weighted by atomic mass is 10.2. The molecule has 0 fully saturated rings. The number of carbonyl (C=O) groups is 1. The molecule has 0 radical (unpaired) electrons. The molecule has 1 aromatic heterocycles. The van der Waals surface area contributed by atoms with Gasteiger partial charge in [-0.05, 0) is 54.1 Å². The van der Waals surface area contributed by atoms with Crippen LogP contribution in [0, 0.1) is 17.4 Å². The number of aryl methyl sites for hydroxylation is 2. The second kappa shape index (κ2) is 5.96. The van der Waals surface area contributed by atoms with Crippen LogP contribution in [0.5, 0.6) is 0 Å². The normalized spacial score (nSPS) is 10.7. The number of aromatic nitrogens is 2. The number of carboxylic acids is 1. The van der Waals surface area contributed by atoms with E-state index in [-0.39, 0.29) is 5.75 Å². The Bertz CT molecular complexity index is 625. The first-order valence-electron chi connectivity index (χ1n) is 5.64. The fourth-order valence-electron chi connectivity index (χ4n) is 1.62. The van der Waals surface area contributed by atoms with Crippen molar-refractivity contribution in [2.45, 2.75) is 19.0 Å². The minimum Gasteiger partial charge on any atom is -0.481 e. The number of hydrogen-bond acceptors (Lipinski definition) is 3. The van der Waals surface area contributed by atoms with E-state index in [4.69, 9.17) is 5.11 Å². The Balaban J connectivity index is 2.37. The van der Waals surface area contributed by atoms with E-state index in [1.165, 1.54) is 20.9 Å². The molecule has 2 aromatic rings. The molecule has 1 heterocycles. The fraction of sp³-hybridized carbons (Fsp3) is 0.231. The lowest BCUT2D eigenvalue weighted by Crippen LogP contribution is -2.01. The van der Waals surface area contributed by atoms with Crippen molar-refractivity contribution in [1.29, 1.82) is 0 Å². The van der Waals surface area contributed by atoms with Gasteiger partial charge in [-0.25, -0.2) is 4.98 Å². The number of imidazole rings is 1. The second-order valence-corrected chi connectivity index (χ2v) is 6.26. The quantitative estimate of drug-likeness (QED) is 0.645. The summed E-state index contributed by atoms with van der Waals surface area (Å²) >= 11 is 3.52. The third-order valence-electron chi connectivity index (χ3n) is 2.55. The van der Waals surface area contributed by atoms with Gasteiger partial charge in [0.25, 0.3) is 0 Å². The van der Waals surface area contributed by atoms with Gasteiger partial charge in [0.15, 0.2) is 5.16 Å². The van der Waals surface area contributed by atoms with E-state index in [1.54, 1.807) is 0 Å². The van der Waals surface area contributed by atoms with Gasteiger partial charge in [0.1, 0.15) is 0 Å². The van der Waals surface area contributed by atoms with Crippen molar-refractivity contribution in [2.75, 3.05) is 5.75 Å². The lowest BCUT2D eigenvalue weighted by Gasteiger charge is -2.08. The first kappa shape index (κ1) is 14.4. The van der Waals surface area contributed by atoms with E-state index in [9.17, 15) is 4.79 Å². The molecule has 0 saturated heterocycles. The number of carboxylic acid groups (broad SMARTS) is 1. The van der Waals surface area contributed by atoms with Crippen molar-refractivity contribution in [3.8, 4) is 5.69 Å². The summed E-state index contributed by atoms with van der Waals surface area (Å²) in [6.07, 6.45) is 1.92. The van der Waals surface area contributed by atoms with Crippen LogP contribution in [-0.2, 0) is 4.79 Å². The Morgan fingerprint density at radius 1 is 1.47 bits per heavy atom. The van der Waals surface area contributed by atoms with E-state index >= 15 is 0 Å². The van der Waals surface area contributed by atoms with Crippen LogP contribution in [0.2, 0.25) is 0 Å². The SMILES string of the molecule is Cc1cn(-c2ccc(C)c(I)c2)c(SCC(=O)O)n1. The third kappa shape index (κ3) is 3.50. The molecule has 2 rings (SSSR count). The molecule has 0 unspecified atom stereocenters. The zero-order chi connectivity index (χ0) is 14.0. The van der Waals surface area contributed by atoms with Gasteiger partial charge in [-0.1, -0.05) is 17.8 Å². The summed E-state index contributed by atoms with van der Waals surface area (Å²) in [6, 6.07) is 6.14. The molecule has 0 aliphatic rings. The van der Waals surface area contributed by atoms with Crippen LogP contribution in [0.15, 0.2) is 29.6 Å². The summed E-state index contributed by atoms with van der Waals surface area (Å²) in [6.45, 7) is 3.96. The predicted molar refractivity (Wildman–Crippen MR) is 84.1 cm³/mol. The van der Waals surface area contributed by atoms with Crippen molar-refractivity contribution in [3.63, 3.8) is 0 Å². The molecule has 0 amide bonds. The van der Waals surface area contributed by atoms with E-state index in [0.717, 1.165) is 11.4 Å². The van der Waals surface area contributed by atoms with Crippen molar-refractivity contribution >= 4 is 40.3 Å². The van der Waals surface area contributed by atoms with Crippen LogP contribution >= 0.6 is 34.4 Å². The number of nitrogens with zero attached hydrogens (tertiary/aromatic N) is 2. The smallest absolute Gasteiger partial charge is 0.313 e. The minimum atomic E-state index is -0.837. The highest BCUT2D eigenvalue weighted by atomic mass is 127. The molecule has 0 atom stereocenters. The molecule has 100 valence electrons. The van der Waals surface area contributed by atoms with Gasteiger partial charge in [0.2, 0.25) is 0 Å². The Morgan fingerprint density at radius 3 is 2.84 bits per heavy atom. The Kier molecular flexibility index (Phi) is 4.51. The number of rotatable bonds is 4. The zero-order valence-electron chi connectivity index (χ0n) is 10.6. The van der Waals surface area contributed by atoms with Crippen LogP contribution in [0.1, 0.15) is 11.3 Å². The van der Waals surface area contributed by atoms with Crippen LogP contribution < -0.4 is 0 Å². The number of halogens is 1. The highest BCUT2D eigenvalue weighted by molar-refractivity contribution is 14.1. The summed E-state index contributed by atoms with van der Waals surface area (Å²) < 4.78 is 3.11. The van der Waals surface area contributed by atoms with Crippen molar-refractivity contribution in [2.24, 2.45) is 0 Å². The molecular weight excluding hydrogens is 375 g/mol. The summed E-state index contributed by atoms with van der Waals surface area (Å²) in [7, 11) is 0. The standard InChI is InChI=1S/C13H13IN2O2S/c1-8-3-4-10(5-11(8)14)16-6-9(2)15-13(16)19-7-12(17)18/h3-6H,7H2,1-2H3,(H,17,18). The summed E-state index contributed by atoms with van der Waals surface area (Å²) in [4.78, 5) is 15.0. The third-order valence-corrected chi connectivity index (χ3v) is 4.65. The maximum absolute atomic E-state index is 10.7. The van der Waals surface area contributed by atoms with E-state index < -0.39 is 5.97 Å². The minimum absolute atomic E-state index is 0.0133. The molecule has 0 spiro atoms. The number of thioether (sulfide) groups is 1. The fourth-order valence-corrected chi connectivity index (χ4v) is 2.88. The maximum Gasteiger partial charge on any atom is 0.313 e. The number of aliphatic carboxylic acids is 1. The van der Waals surface area contributed by atoms with Gasteiger partial charge in [-0.3, -0.25) is 9.36 Å². The monoisotopic (exact) mass is 388 g/mol. The highest BCUT2D eigenvalue weighted by Gasteiger charge is 2.11. The van der Waals surface area contributed by atoms with Gasteiger partial charge in [-0.2, -0.15) is 0 Å². The Hall–Kier alpha value is -1.02. The molecule has 6 heteroatoms. The molecule has 0 aliphatic carbocycles. The van der Waals surface area contributed by atoms with Crippen LogP contribution in [-0.4, -0.2) is 26.4 Å². The Labute approximate surface area is 129 Å². The van der Waals surface area contributed by atoms with Crippen molar-refractivity contribution in [1.82, 2.24) is 9.55 Å². The first-order chi connectivity index (χ1) is 8.97. The van der Waals surface area contributed by atoms with Gasteiger partial charge in [-0.15, -0.1) is 0 Å². The van der Waals surface area contributed by atoms with Gasteiger partial charge in [0.05, 0.1) is 11.4 Å². The summed E-state index contributed by atoms with van der Waals surface area (Å²) in [5, 5.41) is 9.47. The molecule has 1 N–H and O–H groups in total. The molecular formula is C13H13IN2O2S. The summed E-state index contributed by atoms with van der Waals surface area (Å²) in [5.74, 6) is -0.824. The van der Waals surface area contributed by atoms with E-state index in [0.29, 0.717) is 5.16 Å². The highest BCUT2D eigenvalue weighted by Crippen LogP contribution is 2.24. The summed E-state index contributed by atoms with van der Waals surface area (Å²) in [5.41, 5.74) is 3.10. The second-order valence-electron chi connectivity index (χ2n) is 4.15. The number of benzene rings is 1. The molecule has 0 saturated carbocycles. The molecule has 0 bridgehead atoms. The van der Waals surface area contributed by atoms with Gasteiger partial charge >= 0.3 is 5.97 Å². The van der Waals surface area contributed by atoms with Crippen LogP contribution in [0.25, 0.3) is 5.69 Å². The van der Waals surface area contributed by atoms with E-state index in [1.807, 2.05) is 23.8 Å². The maximum atomic E-state index is 10.7. The predicted octanol–water partition coefficient (Wildman–Crippen LogP) is 3.27. The van der Waals surface area contributed by atoms with Crippen LogP contribution in [0.4, 0.5) is 0 Å². The largest absolute Gasteiger partial charge is 0.481 e. The average molecular weight is 388 g/mol. The van der Waals surface area contributed by atoms with Crippen molar-refractivity contribution < 1.29 is 9.90 Å². The topological polar surface area (TPSA) is 55.1 Å². The molecule has 0 aliphatic heterocycles. The van der Waals surface area contributed by atoms with Gasteiger partial charge in [0, 0.05) is 15.5 Å². The van der Waals surface area contributed by atoms with Crippen molar-refractivity contribution in [3.05, 3.63) is 39.2 Å². The van der Waals surface area contributed by atoms with E-state index in [2.05, 4.69) is 46.6 Å². The average Bonchev–Trinajstić information content (AvgIpc) is 2.71. The zero-order valence-corrected chi connectivity index (χ0v) is 13.5. The molecule has 4 nitrogen and oxygen atoms in total. The van der Waals surface area contributed by atoms with Gasteiger partial charge < -0.3 is 5.11 Å². The van der Waals surface area contributed by atoms with Crippen LogP contribution in [0.3, 0.4) is 0 Å². The molecule has 19 heavy (non-hydrogen) atoms. The number of hydrogen-bond donors (Lipinski definition) is 1. The first-order valence-corrected chi connectivity index (χ1v) is 7.71. The molecule has 1 aromatic carbocycles.